The number of amides is 2. The summed E-state index contributed by atoms with van der Waals surface area (Å²) in [6.07, 6.45) is 0.841. The van der Waals surface area contributed by atoms with Crippen molar-refractivity contribution in [2.45, 2.75) is 46.2 Å². The third kappa shape index (κ3) is 6.48. The Morgan fingerprint density at radius 2 is 1.64 bits per heavy atom. The third-order valence-electron chi connectivity index (χ3n) is 4.62. The van der Waals surface area contributed by atoms with Crippen LogP contribution in [0.3, 0.4) is 0 Å². The van der Waals surface area contributed by atoms with Crippen molar-refractivity contribution in [2.75, 3.05) is 6.54 Å². The van der Waals surface area contributed by atoms with E-state index in [0.29, 0.717) is 24.4 Å². The van der Waals surface area contributed by atoms with Crippen molar-refractivity contribution < 1.29 is 14.0 Å². The molecule has 0 aliphatic heterocycles. The first-order valence-electron chi connectivity index (χ1n) is 9.73. The van der Waals surface area contributed by atoms with E-state index in [-0.39, 0.29) is 30.6 Å². The normalized spacial score (nSPS) is 11.9. The number of nitrogens with zero attached hydrogens (tertiary/aromatic N) is 1. The van der Waals surface area contributed by atoms with Crippen molar-refractivity contribution >= 4 is 11.8 Å². The number of carbonyl (C=O) groups excluding carboxylic acids is 2. The maximum Gasteiger partial charge on any atom is 0.242 e. The Labute approximate surface area is 166 Å². The standard InChI is InChI=1S/C23H29FN2O2/c1-17(2)15-25-23(28)18(3)26(16-20-11-7-8-12-21(20)24)22(27)14-13-19-9-5-4-6-10-19/h4-12,17-18H,13-16H2,1-3H3,(H,25,28). The summed E-state index contributed by atoms with van der Waals surface area (Å²) in [6.45, 7) is 6.31. The van der Waals surface area contributed by atoms with Crippen LogP contribution < -0.4 is 5.32 Å². The second kappa shape index (κ2) is 10.6. The second-order valence-corrected chi connectivity index (χ2v) is 7.41. The molecule has 0 bridgehead atoms. The van der Waals surface area contributed by atoms with Crippen molar-refractivity contribution in [2.24, 2.45) is 5.92 Å². The van der Waals surface area contributed by atoms with Gasteiger partial charge in [-0.25, -0.2) is 4.39 Å². The zero-order valence-electron chi connectivity index (χ0n) is 16.8. The SMILES string of the molecule is CC(C)CNC(=O)C(C)N(Cc1ccccc1F)C(=O)CCc1ccccc1. The minimum absolute atomic E-state index is 0.0660. The van der Waals surface area contributed by atoms with E-state index in [1.807, 2.05) is 44.2 Å². The first-order chi connectivity index (χ1) is 13.4. The number of hydrogen-bond acceptors (Lipinski definition) is 2. The minimum atomic E-state index is -0.679. The third-order valence-corrected chi connectivity index (χ3v) is 4.62. The predicted molar refractivity (Wildman–Crippen MR) is 109 cm³/mol. The molecule has 2 aromatic rings. The lowest BCUT2D eigenvalue weighted by atomic mass is 10.1. The summed E-state index contributed by atoms with van der Waals surface area (Å²) in [6, 6.07) is 15.4. The van der Waals surface area contributed by atoms with Gasteiger partial charge in [0.15, 0.2) is 0 Å². The van der Waals surface area contributed by atoms with Gasteiger partial charge in [0.05, 0.1) is 0 Å². The van der Waals surface area contributed by atoms with Crippen molar-refractivity contribution in [3.05, 3.63) is 71.5 Å². The Bertz CT molecular complexity index is 777. The molecule has 0 saturated carbocycles. The van der Waals surface area contributed by atoms with Gasteiger partial charge in [-0.1, -0.05) is 62.4 Å². The molecule has 0 fully saturated rings. The van der Waals surface area contributed by atoms with Gasteiger partial charge < -0.3 is 10.2 Å². The summed E-state index contributed by atoms with van der Waals surface area (Å²) in [5.74, 6) is -0.458. The largest absolute Gasteiger partial charge is 0.354 e. The number of aryl methyl sites for hydroxylation is 1. The van der Waals surface area contributed by atoms with Crippen LogP contribution in [-0.4, -0.2) is 29.3 Å². The van der Waals surface area contributed by atoms with Crippen LogP contribution in [0.4, 0.5) is 4.39 Å². The number of rotatable bonds is 9. The maximum atomic E-state index is 14.1. The van der Waals surface area contributed by atoms with E-state index < -0.39 is 6.04 Å². The molecular formula is C23H29FN2O2. The fraction of sp³-hybridized carbons (Fsp3) is 0.391. The van der Waals surface area contributed by atoms with Crippen LogP contribution in [0.5, 0.6) is 0 Å². The number of benzene rings is 2. The molecule has 0 radical (unpaired) electrons. The van der Waals surface area contributed by atoms with Gasteiger partial charge in [-0.2, -0.15) is 0 Å². The number of carbonyl (C=O) groups is 2. The zero-order chi connectivity index (χ0) is 20.5. The molecule has 1 atom stereocenters. The van der Waals surface area contributed by atoms with Crippen molar-refractivity contribution in [1.82, 2.24) is 10.2 Å². The highest BCUT2D eigenvalue weighted by Gasteiger charge is 2.26. The van der Waals surface area contributed by atoms with Crippen LogP contribution in [0.15, 0.2) is 54.6 Å². The lowest BCUT2D eigenvalue weighted by molar-refractivity contribution is -0.140. The topological polar surface area (TPSA) is 49.4 Å². The molecule has 0 aliphatic carbocycles. The molecule has 0 aliphatic rings. The van der Waals surface area contributed by atoms with E-state index in [2.05, 4.69) is 5.32 Å². The van der Waals surface area contributed by atoms with Gasteiger partial charge in [0.2, 0.25) is 11.8 Å². The quantitative estimate of drug-likeness (QED) is 0.712. The van der Waals surface area contributed by atoms with Crippen molar-refractivity contribution in [3.63, 3.8) is 0 Å². The summed E-state index contributed by atoms with van der Waals surface area (Å²) < 4.78 is 14.1. The van der Waals surface area contributed by atoms with Crippen LogP contribution in [0.2, 0.25) is 0 Å². The molecule has 150 valence electrons. The molecule has 1 N–H and O–H groups in total. The Morgan fingerprint density at radius 1 is 1.00 bits per heavy atom. The smallest absolute Gasteiger partial charge is 0.242 e. The molecule has 0 heterocycles. The summed E-state index contributed by atoms with van der Waals surface area (Å²) in [4.78, 5) is 27.0. The van der Waals surface area contributed by atoms with E-state index in [1.165, 1.54) is 11.0 Å². The molecular weight excluding hydrogens is 355 g/mol. The summed E-state index contributed by atoms with van der Waals surface area (Å²) in [7, 11) is 0. The monoisotopic (exact) mass is 384 g/mol. The summed E-state index contributed by atoms with van der Waals surface area (Å²) in [5, 5.41) is 2.86. The van der Waals surface area contributed by atoms with Gasteiger partial charge >= 0.3 is 0 Å². The van der Waals surface area contributed by atoms with Crippen molar-refractivity contribution in [3.8, 4) is 0 Å². The predicted octanol–water partition coefficient (Wildman–Crippen LogP) is 3.95. The fourth-order valence-electron chi connectivity index (χ4n) is 2.88. The van der Waals surface area contributed by atoms with Gasteiger partial charge in [0.25, 0.3) is 0 Å². The van der Waals surface area contributed by atoms with Crippen LogP contribution in [0.1, 0.15) is 38.3 Å². The van der Waals surface area contributed by atoms with Crippen LogP contribution in [0, 0.1) is 11.7 Å². The van der Waals surface area contributed by atoms with E-state index >= 15 is 0 Å². The van der Waals surface area contributed by atoms with E-state index in [1.54, 1.807) is 25.1 Å². The highest BCUT2D eigenvalue weighted by atomic mass is 19.1. The van der Waals surface area contributed by atoms with Crippen LogP contribution >= 0.6 is 0 Å². The molecule has 28 heavy (non-hydrogen) atoms. The summed E-state index contributed by atoms with van der Waals surface area (Å²) in [5.41, 5.74) is 1.46. The Hall–Kier alpha value is -2.69. The molecule has 0 spiro atoms. The number of halogens is 1. The fourth-order valence-corrected chi connectivity index (χ4v) is 2.88. The minimum Gasteiger partial charge on any atom is -0.354 e. The Kier molecular flexibility index (Phi) is 8.18. The molecule has 0 aromatic heterocycles. The zero-order valence-corrected chi connectivity index (χ0v) is 16.8. The van der Waals surface area contributed by atoms with Gasteiger partial charge in [-0.05, 0) is 30.9 Å². The number of nitrogens with one attached hydrogen (secondary N) is 1. The molecule has 4 nitrogen and oxygen atoms in total. The van der Waals surface area contributed by atoms with Gasteiger partial charge in [-0.3, -0.25) is 9.59 Å². The molecule has 2 rings (SSSR count). The Balaban J connectivity index is 2.13. The molecule has 2 aromatic carbocycles. The molecule has 1 unspecified atom stereocenters. The average Bonchev–Trinajstić information content (AvgIpc) is 2.69. The van der Waals surface area contributed by atoms with Crippen LogP contribution in [0.25, 0.3) is 0 Å². The molecule has 0 saturated heterocycles. The maximum absolute atomic E-state index is 14.1. The second-order valence-electron chi connectivity index (χ2n) is 7.41. The van der Waals surface area contributed by atoms with Gasteiger partial charge in [0.1, 0.15) is 11.9 Å². The molecule has 5 heteroatoms. The van der Waals surface area contributed by atoms with Gasteiger partial charge in [0, 0.05) is 25.1 Å². The summed E-state index contributed by atoms with van der Waals surface area (Å²) >= 11 is 0. The Morgan fingerprint density at radius 3 is 2.29 bits per heavy atom. The lowest BCUT2D eigenvalue weighted by Gasteiger charge is -2.29. The number of hydrogen-bond donors (Lipinski definition) is 1. The van der Waals surface area contributed by atoms with E-state index in [4.69, 9.17) is 0 Å². The first kappa shape index (κ1) is 21.6. The lowest BCUT2D eigenvalue weighted by Crippen LogP contribution is -2.48. The highest BCUT2D eigenvalue weighted by Crippen LogP contribution is 2.15. The average molecular weight is 384 g/mol. The molecule has 2 amide bonds. The van der Waals surface area contributed by atoms with Crippen LogP contribution in [-0.2, 0) is 22.6 Å². The highest BCUT2D eigenvalue weighted by molar-refractivity contribution is 5.87. The van der Waals surface area contributed by atoms with E-state index in [0.717, 1.165) is 5.56 Å². The first-order valence-corrected chi connectivity index (χ1v) is 9.73. The van der Waals surface area contributed by atoms with Crippen molar-refractivity contribution in [1.29, 1.82) is 0 Å². The van der Waals surface area contributed by atoms with E-state index in [9.17, 15) is 14.0 Å². The van der Waals surface area contributed by atoms with Gasteiger partial charge in [-0.15, -0.1) is 0 Å².